The highest BCUT2D eigenvalue weighted by molar-refractivity contribution is 7.92. The molecule has 28 heavy (non-hydrogen) atoms. The van der Waals surface area contributed by atoms with Crippen molar-refractivity contribution in [2.24, 2.45) is 0 Å². The molecule has 0 radical (unpaired) electrons. The van der Waals surface area contributed by atoms with Crippen LogP contribution in [0.5, 0.6) is 0 Å². The molecule has 0 unspecified atom stereocenters. The number of rotatable bonds is 5. The van der Waals surface area contributed by atoms with E-state index in [9.17, 15) is 13.2 Å². The number of sulfonamides is 1. The van der Waals surface area contributed by atoms with Crippen molar-refractivity contribution in [3.05, 3.63) is 60.2 Å². The molecule has 6 nitrogen and oxygen atoms in total. The maximum absolute atomic E-state index is 12.8. The van der Waals surface area contributed by atoms with Crippen LogP contribution in [0.15, 0.2) is 59.5 Å². The lowest BCUT2D eigenvalue weighted by Gasteiger charge is -2.31. The van der Waals surface area contributed by atoms with Crippen molar-refractivity contribution in [1.82, 2.24) is 10.2 Å². The van der Waals surface area contributed by atoms with E-state index >= 15 is 0 Å². The van der Waals surface area contributed by atoms with Crippen molar-refractivity contribution < 1.29 is 13.2 Å². The van der Waals surface area contributed by atoms with Crippen LogP contribution in [0, 0.1) is 0 Å². The minimum atomic E-state index is -3.67. The predicted molar refractivity (Wildman–Crippen MR) is 114 cm³/mol. The van der Waals surface area contributed by atoms with E-state index in [1.54, 1.807) is 36.4 Å². The summed E-state index contributed by atoms with van der Waals surface area (Å²) in [6, 6.07) is 15.6. The maximum atomic E-state index is 12.8. The molecule has 0 spiro atoms. The van der Waals surface area contributed by atoms with E-state index in [2.05, 4.69) is 5.32 Å². The Hall–Kier alpha value is -2.09. The second-order valence-electron chi connectivity index (χ2n) is 6.69. The summed E-state index contributed by atoms with van der Waals surface area (Å²) in [4.78, 5) is 14.6. The zero-order chi connectivity index (χ0) is 19.4. The molecule has 1 amide bonds. The van der Waals surface area contributed by atoms with E-state index in [0.717, 1.165) is 12.8 Å². The summed E-state index contributed by atoms with van der Waals surface area (Å²) in [5.41, 5.74) is 1.10. The SMILES string of the molecule is CNC1CCN(C(=O)c2ccc(S(=O)(=O)N(C)c3ccccc3)cc2)CC1.Cl. The number of nitrogens with one attached hydrogen (secondary N) is 1. The average Bonchev–Trinajstić information content (AvgIpc) is 2.73. The van der Waals surface area contributed by atoms with Crippen molar-refractivity contribution >= 4 is 34.0 Å². The van der Waals surface area contributed by atoms with Gasteiger partial charge in [0, 0.05) is 31.7 Å². The van der Waals surface area contributed by atoms with Gasteiger partial charge in [-0.25, -0.2) is 8.42 Å². The fourth-order valence-electron chi connectivity index (χ4n) is 3.26. The number of hydrogen-bond acceptors (Lipinski definition) is 4. The first kappa shape index (κ1) is 22.2. The molecule has 2 aromatic rings. The van der Waals surface area contributed by atoms with Crippen LogP contribution in [-0.2, 0) is 10.0 Å². The Labute approximate surface area is 173 Å². The molecule has 1 aliphatic rings. The standard InChI is InChI=1S/C20H25N3O3S.ClH/c1-21-17-12-14-23(15-13-17)20(24)16-8-10-19(11-9-16)27(25,26)22(2)18-6-4-3-5-7-18;/h3-11,17,21H,12-15H2,1-2H3;1H. The molecule has 0 atom stereocenters. The number of amides is 1. The number of para-hydroxylation sites is 1. The second-order valence-corrected chi connectivity index (χ2v) is 8.66. The van der Waals surface area contributed by atoms with E-state index in [-0.39, 0.29) is 23.2 Å². The molecular weight excluding hydrogens is 398 g/mol. The van der Waals surface area contributed by atoms with Gasteiger partial charge >= 0.3 is 0 Å². The summed E-state index contributed by atoms with van der Waals surface area (Å²) in [6.07, 6.45) is 1.85. The highest BCUT2D eigenvalue weighted by atomic mass is 35.5. The van der Waals surface area contributed by atoms with Gasteiger partial charge < -0.3 is 10.2 Å². The lowest BCUT2D eigenvalue weighted by atomic mass is 10.0. The highest BCUT2D eigenvalue weighted by Crippen LogP contribution is 2.22. The number of benzene rings is 2. The molecule has 152 valence electrons. The number of nitrogens with zero attached hydrogens (tertiary/aromatic N) is 2. The van der Waals surface area contributed by atoms with E-state index in [1.165, 1.54) is 23.5 Å². The number of likely N-dealkylation sites (tertiary alicyclic amines) is 1. The van der Waals surface area contributed by atoms with Crippen LogP contribution in [0.1, 0.15) is 23.2 Å². The van der Waals surface area contributed by atoms with Crippen LogP contribution in [0.3, 0.4) is 0 Å². The van der Waals surface area contributed by atoms with Crippen LogP contribution >= 0.6 is 12.4 Å². The Balaban J connectivity index is 0.00000280. The molecule has 1 fully saturated rings. The minimum Gasteiger partial charge on any atom is -0.339 e. The quantitative estimate of drug-likeness (QED) is 0.802. The van der Waals surface area contributed by atoms with Gasteiger partial charge in [-0.3, -0.25) is 9.10 Å². The molecule has 1 N–H and O–H groups in total. The number of hydrogen-bond donors (Lipinski definition) is 1. The molecule has 0 bridgehead atoms. The monoisotopic (exact) mass is 423 g/mol. The van der Waals surface area contributed by atoms with Gasteiger partial charge in [-0.2, -0.15) is 0 Å². The Morgan fingerprint density at radius 2 is 1.61 bits per heavy atom. The third-order valence-corrected chi connectivity index (χ3v) is 6.87. The van der Waals surface area contributed by atoms with Crippen molar-refractivity contribution in [2.45, 2.75) is 23.8 Å². The van der Waals surface area contributed by atoms with Gasteiger partial charge in [-0.15, -0.1) is 12.4 Å². The van der Waals surface area contributed by atoms with E-state index in [0.29, 0.717) is 30.4 Å². The molecule has 3 rings (SSSR count). The Morgan fingerprint density at radius 3 is 2.14 bits per heavy atom. The first-order valence-corrected chi connectivity index (χ1v) is 10.5. The molecule has 2 aromatic carbocycles. The normalized spacial score (nSPS) is 15.0. The maximum Gasteiger partial charge on any atom is 0.264 e. The Morgan fingerprint density at radius 1 is 1.04 bits per heavy atom. The summed E-state index contributed by atoms with van der Waals surface area (Å²) in [6.45, 7) is 1.42. The fourth-order valence-corrected chi connectivity index (χ4v) is 4.45. The smallest absolute Gasteiger partial charge is 0.264 e. The van der Waals surface area contributed by atoms with Crippen molar-refractivity contribution in [1.29, 1.82) is 0 Å². The molecule has 0 aromatic heterocycles. The molecule has 8 heteroatoms. The summed E-state index contributed by atoms with van der Waals surface area (Å²) in [7, 11) is -0.208. The van der Waals surface area contributed by atoms with Crippen LogP contribution in [0.25, 0.3) is 0 Å². The third kappa shape index (κ3) is 4.66. The van der Waals surface area contributed by atoms with E-state index in [4.69, 9.17) is 0 Å². The number of piperidine rings is 1. The van der Waals surface area contributed by atoms with Crippen molar-refractivity contribution in [3.8, 4) is 0 Å². The van der Waals surface area contributed by atoms with Gasteiger partial charge in [0.25, 0.3) is 15.9 Å². The number of halogens is 1. The topological polar surface area (TPSA) is 69.7 Å². The lowest BCUT2D eigenvalue weighted by molar-refractivity contribution is 0.0707. The average molecular weight is 424 g/mol. The summed E-state index contributed by atoms with van der Waals surface area (Å²) in [5, 5.41) is 3.24. The van der Waals surface area contributed by atoms with Gasteiger partial charge in [-0.1, -0.05) is 18.2 Å². The van der Waals surface area contributed by atoms with Crippen molar-refractivity contribution in [2.75, 3.05) is 31.5 Å². The molecule has 0 saturated carbocycles. The van der Waals surface area contributed by atoms with E-state index in [1.807, 2.05) is 18.0 Å². The van der Waals surface area contributed by atoms with E-state index < -0.39 is 10.0 Å². The summed E-state index contributed by atoms with van der Waals surface area (Å²) in [5.74, 6) is -0.0510. The fraction of sp³-hybridized carbons (Fsp3) is 0.350. The van der Waals surface area contributed by atoms with Gasteiger partial charge in [0.2, 0.25) is 0 Å². The van der Waals surface area contributed by atoms with Gasteiger partial charge in [0.15, 0.2) is 0 Å². The largest absolute Gasteiger partial charge is 0.339 e. The molecule has 1 heterocycles. The number of anilines is 1. The van der Waals surface area contributed by atoms with Gasteiger partial charge in [-0.05, 0) is 56.3 Å². The zero-order valence-electron chi connectivity index (χ0n) is 16.0. The molecular formula is C20H26ClN3O3S. The summed E-state index contributed by atoms with van der Waals surface area (Å²) < 4.78 is 26.9. The zero-order valence-corrected chi connectivity index (χ0v) is 17.7. The molecule has 1 saturated heterocycles. The van der Waals surface area contributed by atoms with Crippen molar-refractivity contribution in [3.63, 3.8) is 0 Å². The van der Waals surface area contributed by atoms with Crippen LogP contribution in [0.4, 0.5) is 5.69 Å². The molecule has 1 aliphatic heterocycles. The first-order valence-electron chi connectivity index (χ1n) is 9.04. The molecule has 0 aliphatic carbocycles. The lowest BCUT2D eigenvalue weighted by Crippen LogP contribution is -2.43. The predicted octanol–water partition coefficient (Wildman–Crippen LogP) is 2.76. The van der Waals surface area contributed by atoms with Crippen LogP contribution in [0.2, 0.25) is 0 Å². The first-order chi connectivity index (χ1) is 12.9. The Kier molecular flexibility index (Phi) is 7.46. The van der Waals surface area contributed by atoms with Gasteiger partial charge in [0.1, 0.15) is 0 Å². The Bertz CT molecular complexity index is 881. The number of carbonyl (C=O) groups is 1. The summed E-state index contributed by atoms with van der Waals surface area (Å²) >= 11 is 0. The van der Waals surface area contributed by atoms with Crippen LogP contribution in [-0.4, -0.2) is 52.5 Å². The number of carbonyl (C=O) groups excluding carboxylic acids is 1. The minimum absolute atomic E-state index is 0. The van der Waals surface area contributed by atoms with Crippen LogP contribution < -0.4 is 9.62 Å². The highest BCUT2D eigenvalue weighted by Gasteiger charge is 2.24. The third-order valence-electron chi connectivity index (χ3n) is 5.07. The second kappa shape index (κ2) is 9.41. The van der Waals surface area contributed by atoms with Gasteiger partial charge in [0.05, 0.1) is 10.6 Å².